The second-order valence-corrected chi connectivity index (χ2v) is 8.52. The molecular formula is C19H21N3O4S2. The Balaban J connectivity index is 1.72. The number of hydrogen-bond donors (Lipinski definition) is 2. The number of carbonyl (C=O) groups is 3. The van der Waals surface area contributed by atoms with E-state index in [1.54, 1.807) is 4.90 Å². The van der Waals surface area contributed by atoms with Gasteiger partial charge in [0.05, 0.1) is 25.0 Å². The average Bonchev–Trinajstić information content (AvgIpc) is 3.03. The zero-order valence-corrected chi connectivity index (χ0v) is 17.2. The number of methoxy groups -OCH3 is 1. The van der Waals surface area contributed by atoms with E-state index in [4.69, 9.17) is 10.5 Å². The highest BCUT2D eigenvalue weighted by molar-refractivity contribution is 8.00. The van der Waals surface area contributed by atoms with E-state index in [9.17, 15) is 14.4 Å². The van der Waals surface area contributed by atoms with E-state index in [2.05, 4.69) is 5.32 Å². The third kappa shape index (κ3) is 4.48. The average molecular weight is 420 g/mol. The number of thioether (sulfide) groups is 1. The fraction of sp³-hybridized carbons (Fsp3) is 0.316. The Hall–Kier alpha value is -2.52. The fourth-order valence-corrected chi connectivity index (χ4v) is 4.97. The molecule has 3 rings (SSSR count). The molecule has 0 atom stereocenters. The lowest BCUT2D eigenvalue weighted by Gasteiger charge is -2.25. The number of nitrogens with zero attached hydrogens (tertiary/aromatic N) is 1. The van der Waals surface area contributed by atoms with Crippen LogP contribution < -0.4 is 11.1 Å². The van der Waals surface area contributed by atoms with Crippen molar-refractivity contribution in [2.75, 3.05) is 24.7 Å². The van der Waals surface area contributed by atoms with Crippen molar-refractivity contribution in [3.63, 3.8) is 0 Å². The lowest BCUT2D eigenvalue weighted by molar-refractivity contribution is -0.113. The number of nitrogens with two attached hydrogens (primary N) is 1. The van der Waals surface area contributed by atoms with Gasteiger partial charge in [0.2, 0.25) is 5.91 Å². The first-order chi connectivity index (χ1) is 13.4. The number of carbonyl (C=O) groups excluding carboxylic acids is 3. The van der Waals surface area contributed by atoms with Gasteiger partial charge in [-0.3, -0.25) is 9.59 Å². The van der Waals surface area contributed by atoms with E-state index in [0.717, 1.165) is 20.9 Å². The highest BCUT2D eigenvalue weighted by atomic mass is 32.2. The first-order valence-electron chi connectivity index (χ1n) is 8.65. The minimum absolute atomic E-state index is 0.212. The molecule has 0 bridgehead atoms. The van der Waals surface area contributed by atoms with Crippen LogP contribution in [0.25, 0.3) is 0 Å². The summed E-state index contributed by atoms with van der Waals surface area (Å²) in [6, 6.07) is 7.92. The van der Waals surface area contributed by atoms with Gasteiger partial charge in [0.25, 0.3) is 5.91 Å². The normalized spacial score (nSPS) is 13.0. The lowest BCUT2D eigenvalue weighted by Crippen LogP contribution is -2.35. The van der Waals surface area contributed by atoms with E-state index in [0.29, 0.717) is 30.1 Å². The van der Waals surface area contributed by atoms with Crippen molar-refractivity contribution in [3.8, 4) is 0 Å². The number of rotatable bonds is 5. The van der Waals surface area contributed by atoms with Crippen molar-refractivity contribution < 1.29 is 19.1 Å². The number of benzene rings is 1. The van der Waals surface area contributed by atoms with Gasteiger partial charge in [0.1, 0.15) is 5.00 Å². The summed E-state index contributed by atoms with van der Waals surface area (Å²) in [7, 11) is 1.33. The van der Waals surface area contributed by atoms with Gasteiger partial charge >= 0.3 is 6.09 Å². The van der Waals surface area contributed by atoms with Crippen molar-refractivity contribution >= 4 is 46.0 Å². The summed E-state index contributed by atoms with van der Waals surface area (Å²) < 4.78 is 4.76. The quantitative estimate of drug-likeness (QED) is 0.726. The van der Waals surface area contributed by atoms with Crippen LogP contribution in [-0.4, -0.2) is 42.2 Å². The molecule has 0 saturated heterocycles. The molecule has 148 valence electrons. The number of anilines is 1. The van der Waals surface area contributed by atoms with Crippen LogP contribution in [0.15, 0.2) is 29.2 Å². The molecule has 1 aromatic carbocycles. The Bertz CT molecular complexity index is 909. The molecule has 0 aliphatic carbocycles. The largest absolute Gasteiger partial charge is 0.453 e. The molecule has 2 aromatic rings. The number of nitrogens with one attached hydrogen (secondary N) is 1. The van der Waals surface area contributed by atoms with Crippen molar-refractivity contribution in [2.24, 2.45) is 5.73 Å². The summed E-state index contributed by atoms with van der Waals surface area (Å²) >= 11 is 2.70. The Kier molecular flexibility index (Phi) is 6.25. The smallest absolute Gasteiger partial charge is 0.409 e. The molecule has 1 aliphatic heterocycles. The van der Waals surface area contributed by atoms with Gasteiger partial charge in [-0.25, -0.2) is 4.79 Å². The molecule has 0 spiro atoms. The summed E-state index contributed by atoms with van der Waals surface area (Å²) in [6.07, 6.45) is 0.0764. The zero-order valence-electron chi connectivity index (χ0n) is 15.6. The maximum absolute atomic E-state index is 12.4. The summed E-state index contributed by atoms with van der Waals surface area (Å²) in [4.78, 5) is 39.5. The topological polar surface area (TPSA) is 102 Å². The number of aryl methyl sites for hydroxylation is 1. The molecule has 3 amide bonds. The van der Waals surface area contributed by atoms with Gasteiger partial charge in [0, 0.05) is 16.3 Å². The van der Waals surface area contributed by atoms with Crippen molar-refractivity contribution in [3.05, 3.63) is 45.8 Å². The maximum Gasteiger partial charge on any atom is 0.409 e. The minimum atomic E-state index is -0.578. The van der Waals surface area contributed by atoms with Crippen molar-refractivity contribution in [1.29, 1.82) is 0 Å². The molecular weight excluding hydrogens is 398 g/mol. The molecule has 1 aromatic heterocycles. The second-order valence-electron chi connectivity index (χ2n) is 6.36. The third-order valence-corrected chi connectivity index (χ3v) is 6.52. The monoisotopic (exact) mass is 419 g/mol. The zero-order chi connectivity index (χ0) is 20.3. The fourth-order valence-electron chi connectivity index (χ4n) is 2.98. The van der Waals surface area contributed by atoms with Crippen LogP contribution in [0.5, 0.6) is 0 Å². The highest BCUT2D eigenvalue weighted by Crippen LogP contribution is 2.37. The predicted molar refractivity (Wildman–Crippen MR) is 110 cm³/mol. The minimum Gasteiger partial charge on any atom is -0.453 e. The summed E-state index contributed by atoms with van der Waals surface area (Å²) in [5, 5.41) is 3.26. The van der Waals surface area contributed by atoms with Crippen LogP contribution in [0.2, 0.25) is 0 Å². The van der Waals surface area contributed by atoms with E-state index in [1.807, 2.05) is 31.2 Å². The molecule has 0 fully saturated rings. The van der Waals surface area contributed by atoms with Crippen molar-refractivity contribution in [2.45, 2.75) is 24.8 Å². The molecule has 28 heavy (non-hydrogen) atoms. The number of ether oxygens (including phenoxy) is 1. The first kappa shape index (κ1) is 20.2. The Morgan fingerprint density at radius 1 is 1.29 bits per heavy atom. The summed E-state index contributed by atoms with van der Waals surface area (Å²) in [5.74, 6) is -0.569. The van der Waals surface area contributed by atoms with Gasteiger partial charge in [-0.15, -0.1) is 23.1 Å². The van der Waals surface area contributed by atoms with E-state index < -0.39 is 12.0 Å². The molecule has 2 heterocycles. The molecule has 0 saturated carbocycles. The number of amides is 3. The van der Waals surface area contributed by atoms with E-state index >= 15 is 0 Å². The van der Waals surface area contributed by atoms with Crippen LogP contribution >= 0.6 is 23.1 Å². The van der Waals surface area contributed by atoms with Gasteiger partial charge in [-0.1, -0.05) is 17.7 Å². The van der Waals surface area contributed by atoms with Crippen LogP contribution in [0.4, 0.5) is 9.80 Å². The van der Waals surface area contributed by atoms with Crippen LogP contribution in [-0.2, 0) is 22.5 Å². The Morgan fingerprint density at radius 3 is 2.64 bits per heavy atom. The third-order valence-electron chi connectivity index (χ3n) is 4.38. The Labute approximate surface area is 171 Å². The molecule has 0 unspecified atom stereocenters. The SMILES string of the molecule is COC(=O)N1CCc2c(sc(NC(=O)CSc3ccc(C)cc3)c2C(N)=O)C1. The van der Waals surface area contributed by atoms with Crippen molar-refractivity contribution in [1.82, 2.24) is 4.90 Å². The first-order valence-corrected chi connectivity index (χ1v) is 10.5. The van der Waals surface area contributed by atoms with Gasteiger partial charge in [0.15, 0.2) is 0 Å². The number of primary amides is 1. The molecule has 9 heteroatoms. The second kappa shape index (κ2) is 8.66. The number of hydrogen-bond acceptors (Lipinski definition) is 6. The van der Waals surface area contributed by atoms with Crippen LogP contribution in [0.3, 0.4) is 0 Å². The highest BCUT2D eigenvalue weighted by Gasteiger charge is 2.29. The number of fused-ring (bicyclic) bond motifs is 1. The molecule has 0 radical (unpaired) electrons. The predicted octanol–water partition coefficient (Wildman–Crippen LogP) is 3.01. The lowest BCUT2D eigenvalue weighted by atomic mass is 10.0. The summed E-state index contributed by atoms with van der Waals surface area (Å²) in [6.45, 7) is 2.78. The summed E-state index contributed by atoms with van der Waals surface area (Å²) in [5.41, 5.74) is 7.87. The molecule has 1 aliphatic rings. The Morgan fingerprint density at radius 2 is 2.00 bits per heavy atom. The van der Waals surface area contributed by atoms with E-state index in [1.165, 1.54) is 30.2 Å². The van der Waals surface area contributed by atoms with Gasteiger partial charge in [-0.05, 0) is 31.0 Å². The van der Waals surface area contributed by atoms with Gasteiger partial charge < -0.3 is 20.7 Å². The van der Waals surface area contributed by atoms with Crippen LogP contribution in [0, 0.1) is 6.92 Å². The number of thiophene rings is 1. The van der Waals surface area contributed by atoms with Gasteiger partial charge in [-0.2, -0.15) is 0 Å². The van der Waals surface area contributed by atoms with E-state index in [-0.39, 0.29) is 11.7 Å². The standard InChI is InChI=1S/C19H21N3O4S2/c1-11-3-5-12(6-4-11)27-10-15(23)21-18-16(17(20)24)13-7-8-22(19(25)26-2)9-14(13)28-18/h3-6H,7-10H2,1-2H3,(H2,20,24)(H,21,23). The molecule has 7 nitrogen and oxygen atoms in total. The molecule has 3 N–H and O–H groups in total. The van der Waals surface area contributed by atoms with Crippen LogP contribution in [0.1, 0.15) is 26.4 Å². The maximum atomic E-state index is 12.4.